The van der Waals surface area contributed by atoms with Crippen LogP contribution in [0, 0.1) is 0 Å². The van der Waals surface area contributed by atoms with Crippen molar-refractivity contribution in [1.82, 2.24) is 0 Å². The van der Waals surface area contributed by atoms with Crippen LogP contribution in [0.4, 0.5) is 11.4 Å². The van der Waals surface area contributed by atoms with Crippen molar-refractivity contribution in [3.8, 4) is 0 Å². The number of hydrogen-bond acceptors (Lipinski definition) is 4. The summed E-state index contributed by atoms with van der Waals surface area (Å²) in [5, 5.41) is 5.92. The van der Waals surface area contributed by atoms with Crippen molar-refractivity contribution in [2.75, 3.05) is 17.2 Å². The summed E-state index contributed by atoms with van der Waals surface area (Å²) in [4.78, 5) is 11.3. The zero-order valence-electron chi connectivity index (χ0n) is 12.2. The Balaban J connectivity index is 1.88. The first-order chi connectivity index (χ1) is 9.28. The maximum absolute atomic E-state index is 11.3. The van der Waals surface area contributed by atoms with Gasteiger partial charge in [0.15, 0.2) is 0 Å². The quantitative estimate of drug-likeness (QED) is 0.759. The molecule has 0 radical (unpaired) electrons. The molecule has 20 heavy (non-hydrogen) atoms. The number of carbonyl (C=O) groups is 1. The van der Waals surface area contributed by atoms with Crippen LogP contribution in [-0.4, -0.2) is 30.8 Å². The lowest BCUT2D eigenvalue weighted by Crippen LogP contribution is -2.41. The van der Waals surface area contributed by atoms with E-state index in [1.165, 1.54) is 0 Å². The number of rotatable bonds is 1. The Bertz CT molecular complexity index is 556. The first-order valence-corrected chi connectivity index (χ1v) is 6.82. The predicted molar refractivity (Wildman–Crippen MR) is 79.3 cm³/mol. The molecule has 0 unspecified atom stereocenters. The minimum atomic E-state index is -0.385. The van der Waals surface area contributed by atoms with E-state index in [-0.39, 0.29) is 24.2 Å². The molecular weight excluding hydrogens is 255 g/mol. The topological polar surface area (TPSA) is 59.6 Å². The second kappa shape index (κ2) is 4.23. The molecule has 0 aliphatic carbocycles. The fourth-order valence-electron chi connectivity index (χ4n) is 2.31. The Hall–Kier alpha value is -1.53. The van der Waals surface area contributed by atoms with E-state index in [0.29, 0.717) is 6.54 Å². The molecule has 2 N–H and O–H groups in total. The van der Waals surface area contributed by atoms with Gasteiger partial charge in [-0.15, -0.1) is 0 Å². The molecule has 3 rings (SSSR count). The van der Waals surface area contributed by atoms with Gasteiger partial charge in [-0.3, -0.25) is 4.79 Å². The second-order valence-corrected chi connectivity index (χ2v) is 6.30. The fraction of sp³-hybridized carbons (Fsp3) is 0.500. The summed E-state index contributed by atoms with van der Waals surface area (Å²) in [6.07, 6.45) is 0. The Kier molecular flexibility index (Phi) is 2.85. The van der Waals surface area contributed by atoms with E-state index in [1.54, 1.807) is 0 Å². The minimum Gasteiger partial charge on any atom is -0.399 e. The van der Waals surface area contributed by atoms with Crippen molar-refractivity contribution in [1.29, 1.82) is 0 Å². The van der Waals surface area contributed by atoms with E-state index in [0.717, 1.165) is 16.8 Å². The Morgan fingerprint density at radius 3 is 2.40 bits per heavy atom. The van der Waals surface area contributed by atoms with E-state index >= 15 is 0 Å². The number of amides is 1. The third-order valence-corrected chi connectivity index (χ3v) is 4.28. The SMILES string of the molecule is CC1(C)OB(c2ccc3c(c2)NCC(=O)N3)OC1(C)C. The van der Waals surface area contributed by atoms with E-state index in [1.807, 2.05) is 45.9 Å². The number of nitrogens with one attached hydrogen (secondary N) is 2. The highest BCUT2D eigenvalue weighted by atomic mass is 16.7. The molecule has 2 aliphatic heterocycles. The number of benzene rings is 1. The van der Waals surface area contributed by atoms with Gasteiger partial charge in [-0.05, 0) is 45.3 Å². The van der Waals surface area contributed by atoms with Gasteiger partial charge in [0, 0.05) is 0 Å². The highest BCUT2D eigenvalue weighted by molar-refractivity contribution is 6.62. The molecule has 2 heterocycles. The molecule has 1 fully saturated rings. The van der Waals surface area contributed by atoms with Crippen LogP contribution in [0.3, 0.4) is 0 Å². The van der Waals surface area contributed by atoms with Gasteiger partial charge in [-0.25, -0.2) is 0 Å². The average Bonchev–Trinajstić information content (AvgIpc) is 2.58. The van der Waals surface area contributed by atoms with E-state index in [2.05, 4.69) is 10.6 Å². The molecular formula is C14H19BN2O3. The van der Waals surface area contributed by atoms with Gasteiger partial charge in [0.25, 0.3) is 0 Å². The van der Waals surface area contributed by atoms with Crippen LogP contribution in [0.2, 0.25) is 0 Å². The Morgan fingerprint density at radius 2 is 1.75 bits per heavy atom. The largest absolute Gasteiger partial charge is 0.494 e. The summed E-state index contributed by atoms with van der Waals surface area (Å²) in [6.45, 7) is 8.42. The van der Waals surface area contributed by atoms with Crippen LogP contribution < -0.4 is 16.1 Å². The second-order valence-electron chi connectivity index (χ2n) is 6.30. The van der Waals surface area contributed by atoms with Crippen LogP contribution >= 0.6 is 0 Å². The van der Waals surface area contributed by atoms with Crippen LogP contribution in [-0.2, 0) is 14.1 Å². The summed E-state index contributed by atoms with van der Waals surface area (Å²) in [5.74, 6) is -0.0270. The minimum absolute atomic E-state index is 0.0270. The smallest absolute Gasteiger partial charge is 0.399 e. The van der Waals surface area contributed by atoms with Crippen molar-refractivity contribution in [3.63, 3.8) is 0 Å². The fourth-order valence-corrected chi connectivity index (χ4v) is 2.31. The van der Waals surface area contributed by atoms with Crippen molar-refractivity contribution < 1.29 is 14.1 Å². The monoisotopic (exact) mass is 274 g/mol. The molecule has 0 aromatic heterocycles. The van der Waals surface area contributed by atoms with Crippen LogP contribution in [0.25, 0.3) is 0 Å². The molecule has 0 spiro atoms. The van der Waals surface area contributed by atoms with Crippen LogP contribution in [0.5, 0.6) is 0 Å². The van der Waals surface area contributed by atoms with Gasteiger partial charge in [0.05, 0.1) is 29.1 Å². The van der Waals surface area contributed by atoms with E-state index < -0.39 is 0 Å². The third kappa shape index (κ3) is 2.09. The summed E-state index contributed by atoms with van der Waals surface area (Å²) in [6, 6.07) is 5.77. The lowest BCUT2D eigenvalue weighted by atomic mass is 9.78. The average molecular weight is 274 g/mol. The Morgan fingerprint density at radius 1 is 1.10 bits per heavy atom. The molecule has 6 heteroatoms. The number of fused-ring (bicyclic) bond motifs is 1. The molecule has 1 aromatic rings. The molecule has 0 bridgehead atoms. The molecule has 1 aromatic carbocycles. The van der Waals surface area contributed by atoms with Gasteiger partial charge < -0.3 is 19.9 Å². The molecule has 2 aliphatic rings. The summed E-state index contributed by atoms with van der Waals surface area (Å²) in [5.41, 5.74) is 1.94. The first kappa shape index (κ1) is 13.5. The molecule has 1 saturated heterocycles. The van der Waals surface area contributed by atoms with Crippen LogP contribution in [0.15, 0.2) is 18.2 Å². The molecule has 0 atom stereocenters. The van der Waals surface area contributed by atoms with Crippen molar-refractivity contribution in [3.05, 3.63) is 18.2 Å². The number of carbonyl (C=O) groups excluding carboxylic acids is 1. The molecule has 106 valence electrons. The maximum Gasteiger partial charge on any atom is 0.494 e. The maximum atomic E-state index is 11.3. The van der Waals surface area contributed by atoms with Crippen LogP contribution in [0.1, 0.15) is 27.7 Å². The van der Waals surface area contributed by atoms with Crippen molar-refractivity contribution in [2.45, 2.75) is 38.9 Å². The van der Waals surface area contributed by atoms with Gasteiger partial charge in [0.2, 0.25) is 5.91 Å². The molecule has 5 nitrogen and oxygen atoms in total. The molecule has 1 amide bonds. The first-order valence-electron chi connectivity index (χ1n) is 6.82. The Labute approximate surface area is 119 Å². The zero-order chi connectivity index (χ0) is 14.5. The predicted octanol–water partition coefficient (Wildman–Crippen LogP) is 1.35. The van der Waals surface area contributed by atoms with E-state index in [4.69, 9.17) is 9.31 Å². The normalized spacial score (nSPS) is 23.0. The lowest BCUT2D eigenvalue weighted by molar-refractivity contribution is -0.114. The van der Waals surface area contributed by atoms with E-state index in [9.17, 15) is 4.79 Å². The highest BCUT2D eigenvalue weighted by Gasteiger charge is 2.51. The third-order valence-electron chi connectivity index (χ3n) is 4.28. The molecule has 0 saturated carbocycles. The summed E-state index contributed by atoms with van der Waals surface area (Å²) >= 11 is 0. The zero-order valence-corrected chi connectivity index (χ0v) is 12.2. The van der Waals surface area contributed by atoms with Gasteiger partial charge in [-0.1, -0.05) is 6.07 Å². The van der Waals surface area contributed by atoms with Gasteiger partial charge in [-0.2, -0.15) is 0 Å². The standard InChI is InChI=1S/C14H19BN2O3/c1-13(2)14(3,4)20-15(19-13)9-5-6-10-11(7-9)16-8-12(18)17-10/h5-7,16H,8H2,1-4H3,(H,17,18). The highest BCUT2D eigenvalue weighted by Crippen LogP contribution is 2.37. The summed E-state index contributed by atoms with van der Waals surface area (Å²) in [7, 11) is -0.385. The van der Waals surface area contributed by atoms with Gasteiger partial charge in [0.1, 0.15) is 0 Å². The van der Waals surface area contributed by atoms with Crippen molar-refractivity contribution in [2.24, 2.45) is 0 Å². The number of hydrogen-bond donors (Lipinski definition) is 2. The number of anilines is 2. The lowest BCUT2D eigenvalue weighted by Gasteiger charge is -2.32. The van der Waals surface area contributed by atoms with Gasteiger partial charge >= 0.3 is 7.12 Å². The summed E-state index contributed by atoms with van der Waals surface area (Å²) < 4.78 is 12.0. The van der Waals surface area contributed by atoms with Crippen molar-refractivity contribution >= 4 is 29.9 Å².